The second kappa shape index (κ2) is 13.2. The van der Waals surface area contributed by atoms with Crippen molar-refractivity contribution in [1.82, 2.24) is 14.8 Å². The van der Waals surface area contributed by atoms with Crippen molar-refractivity contribution >= 4 is 23.3 Å². The number of rotatable bonds is 4. The zero-order chi connectivity index (χ0) is 27.7. The molecule has 2 aliphatic rings. The van der Waals surface area contributed by atoms with E-state index >= 15 is 0 Å². The average Bonchev–Trinajstić information content (AvgIpc) is 3.46. The Bertz CT molecular complexity index is 955. The molecule has 0 saturated carbocycles. The van der Waals surface area contributed by atoms with Gasteiger partial charge in [0.05, 0.1) is 0 Å². The Morgan fingerprint density at radius 3 is 1.78 bits per heavy atom. The van der Waals surface area contributed by atoms with Crippen LogP contribution in [0, 0.1) is 5.41 Å². The van der Waals surface area contributed by atoms with Crippen LogP contribution in [-0.2, 0) is 22.7 Å². The van der Waals surface area contributed by atoms with Gasteiger partial charge >= 0.3 is 24.3 Å². The molecule has 2 fully saturated rings. The predicted octanol–water partition coefficient (Wildman–Crippen LogP) is 4.90. The molecule has 2 saturated heterocycles. The number of hydrogen-bond donors (Lipinski definition) is 2. The number of piperidine rings is 1. The lowest BCUT2D eigenvalue weighted by Crippen LogP contribution is -2.41. The number of pyridine rings is 1. The molecule has 2 aromatic heterocycles. The predicted molar refractivity (Wildman–Crippen MR) is 123 cm³/mol. The first-order valence-electron chi connectivity index (χ1n) is 11.2. The second-order valence-corrected chi connectivity index (χ2v) is 9.81. The number of carboxylic acids is 2. The van der Waals surface area contributed by atoms with Crippen LogP contribution < -0.4 is 0 Å². The summed E-state index contributed by atoms with van der Waals surface area (Å²) < 4.78 is 63.5. The molecular weight excluding hydrogens is 528 g/mol. The quantitative estimate of drug-likeness (QED) is 0.519. The third kappa shape index (κ3) is 10.7. The first-order chi connectivity index (χ1) is 17.2. The lowest BCUT2D eigenvalue weighted by atomic mass is 9.77. The highest BCUT2D eigenvalue weighted by molar-refractivity contribution is 7.09. The molecule has 0 amide bonds. The molecule has 1 spiro atoms. The first kappa shape index (κ1) is 30.5. The molecule has 4 heterocycles. The number of aromatic nitrogens is 1. The average molecular weight is 556 g/mol. The summed E-state index contributed by atoms with van der Waals surface area (Å²) in [7, 11) is 0. The number of carboxylic acid groups (broad SMARTS) is 2. The van der Waals surface area contributed by atoms with E-state index in [0.717, 1.165) is 13.1 Å². The summed E-state index contributed by atoms with van der Waals surface area (Å²) in [5, 5.41) is 16.4. The minimum absolute atomic E-state index is 0.589. The van der Waals surface area contributed by atoms with Gasteiger partial charge in [-0.2, -0.15) is 26.3 Å². The summed E-state index contributed by atoms with van der Waals surface area (Å²) in [6, 6.07) is 8.72. The van der Waals surface area contributed by atoms with E-state index in [2.05, 4.69) is 44.4 Å². The van der Waals surface area contributed by atoms with Crippen LogP contribution in [0.4, 0.5) is 26.3 Å². The van der Waals surface area contributed by atoms with Gasteiger partial charge in [0, 0.05) is 36.9 Å². The summed E-state index contributed by atoms with van der Waals surface area (Å²) >= 11 is 1.89. The van der Waals surface area contributed by atoms with E-state index in [0.29, 0.717) is 5.41 Å². The molecule has 0 aromatic carbocycles. The smallest absolute Gasteiger partial charge is 0.475 e. The molecule has 2 aromatic rings. The summed E-state index contributed by atoms with van der Waals surface area (Å²) in [5.74, 6) is -5.51. The molecule has 0 atom stereocenters. The zero-order valence-electron chi connectivity index (χ0n) is 19.6. The van der Waals surface area contributed by atoms with E-state index < -0.39 is 24.3 Å². The maximum absolute atomic E-state index is 10.6. The number of nitrogens with zero attached hydrogens (tertiary/aromatic N) is 3. The monoisotopic (exact) mass is 555 g/mol. The van der Waals surface area contributed by atoms with Crippen molar-refractivity contribution in [1.29, 1.82) is 0 Å². The van der Waals surface area contributed by atoms with Crippen LogP contribution in [0.1, 0.15) is 29.7 Å². The van der Waals surface area contributed by atoms with Crippen LogP contribution in [0.5, 0.6) is 0 Å². The molecular formula is C23H27F6N3O4S. The molecule has 7 nitrogen and oxygen atoms in total. The van der Waals surface area contributed by atoms with Crippen LogP contribution in [0.25, 0.3) is 0 Å². The third-order valence-electron chi connectivity index (χ3n) is 6.03. The molecule has 0 radical (unpaired) electrons. The van der Waals surface area contributed by atoms with Crippen molar-refractivity contribution in [3.63, 3.8) is 0 Å². The fourth-order valence-electron chi connectivity index (χ4n) is 4.13. The fourth-order valence-corrected chi connectivity index (χ4v) is 4.87. The number of alkyl halides is 6. The van der Waals surface area contributed by atoms with Crippen molar-refractivity contribution < 1.29 is 46.1 Å². The molecule has 0 unspecified atom stereocenters. The van der Waals surface area contributed by atoms with E-state index in [-0.39, 0.29) is 0 Å². The van der Waals surface area contributed by atoms with Crippen LogP contribution in [0.3, 0.4) is 0 Å². The van der Waals surface area contributed by atoms with Gasteiger partial charge in [0.15, 0.2) is 0 Å². The molecule has 2 aliphatic heterocycles. The third-order valence-corrected chi connectivity index (χ3v) is 6.90. The van der Waals surface area contributed by atoms with Crippen molar-refractivity contribution in [2.45, 2.75) is 44.7 Å². The van der Waals surface area contributed by atoms with E-state index in [1.165, 1.54) is 55.9 Å². The maximum atomic E-state index is 10.6. The Balaban J connectivity index is 0.000000286. The van der Waals surface area contributed by atoms with Gasteiger partial charge in [-0.3, -0.25) is 14.8 Å². The Morgan fingerprint density at radius 2 is 1.35 bits per heavy atom. The first-order valence-corrected chi connectivity index (χ1v) is 12.0. The second-order valence-electron chi connectivity index (χ2n) is 8.78. The maximum Gasteiger partial charge on any atom is 0.490 e. The fraction of sp³-hybridized carbons (Fsp3) is 0.522. The standard InChI is InChI=1S/C19H25N3S.2C2HF3O2/c1-2-18(23-13-1)15-22-12-7-19(16-22)5-10-21(11-6-19)14-17-3-8-20-9-4-17;2*3-2(4,5)1(6)7/h1-4,8-9,13H,5-7,10-12,14-16H2;2*(H,6,7). The van der Waals surface area contributed by atoms with Crippen molar-refractivity contribution in [3.8, 4) is 0 Å². The normalized spacial score (nSPS) is 17.9. The van der Waals surface area contributed by atoms with Gasteiger partial charge in [-0.25, -0.2) is 9.59 Å². The highest BCUT2D eigenvalue weighted by Gasteiger charge is 2.40. The van der Waals surface area contributed by atoms with Crippen LogP contribution >= 0.6 is 11.3 Å². The molecule has 14 heteroatoms. The number of aliphatic carboxylic acids is 2. The SMILES string of the molecule is O=C(O)C(F)(F)F.O=C(O)C(F)(F)F.c1csc(CN2CCC3(CCN(Cc4ccncc4)CC3)C2)c1. The number of carbonyl (C=O) groups is 2. The van der Waals surface area contributed by atoms with E-state index in [1.54, 1.807) is 0 Å². The van der Waals surface area contributed by atoms with E-state index in [1.807, 2.05) is 23.7 Å². The van der Waals surface area contributed by atoms with Gasteiger partial charge < -0.3 is 10.2 Å². The van der Waals surface area contributed by atoms with Crippen LogP contribution in [0.15, 0.2) is 42.0 Å². The number of halogens is 6. The van der Waals surface area contributed by atoms with Gasteiger partial charge in [-0.1, -0.05) is 6.07 Å². The number of thiophene rings is 1. The summed E-state index contributed by atoms with van der Waals surface area (Å²) in [4.78, 5) is 28.7. The van der Waals surface area contributed by atoms with Gasteiger partial charge in [0.1, 0.15) is 0 Å². The molecule has 2 N–H and O–H groups in total. The molecule has 0 aliphatic carbocycles. The molecule has 37 heavy (non-hydrogen) atoms. The zero-order valence-corrected chi connectivity index (χ0v) is 20.5. The van der Waals surface area contributed by atoms with Crippen LogP contribution in [0.2, 0.25) is 0 Å². The highest BCUT2D eigenvalue weighted by Crippen LogP contribution is 2.41. The lowest BCUT2D eigenvalue weighted by Gasteiger charge is -2.39. The summed E-state index contributed by atoms with van der Waals surface area (Å²) in [5.41, 5.74) is 1.98. The topological polar surface area (TPSA) is 94.0 Å². The minimum Gasteiger partial charge on any atom is -0.475 e. The lowest BCUT2D eigenvalue weighted by molar-refractivity contribution is -0.193. The summed E-state index contributed by atoms with van der Waals surface area (Å²) in [6.07, 6.45) is -2.25. The van der Waals surface area contributed by atoms with Gasteiger partial charge in [0.2, 0.25) is 0 Å². The number of likely N-dealkylation sites (tertiary alicyclic amines) is 2. The van der Waals surface area contributed by atoms with Gasteiger partial charge in [-0.15, -0.1) is 11.3 Å². The Kier molecular flexibility index (Phi) is 10.9. The number of hydrogen-bond acceptors (Lipinski definition) is 6. The van der Waals surface area contributed by atoms with Gasteiger partial charge in [-0.05, 0) is 73.5 Å². The molecule has 0 bridgehead atoms. The van der Waals surface area contributed by atoms with E-state index in [9.17, 15) is 26.3 Å². The van der Waals surface area contributed by atoms with Crippen LogP contribution in [-0.4, -0.2) is 75.5 Å². The Labute approximate surface area is 213 Å². The van der Waals surface area contributed by atoms with E-state index in [4.69, 9.17) is 19.8 Å². The Hall–Kier alpha value is -2.71. The minimum atomic E-state index is -5.08. The largest absolute Gasteiger partial charge is 0.490 e. The van der Waals surface area contributed by atoms with Crippen molar-refractivity contribution in [2.24, 2.45) is 5.41 Å². The van der Waals surface area contributed by atoms with Crippen molar-refractivity contribution in [2.75, 3.05) is 26.2 Å². The molecule has 206 valence electrons. The molecule has 4 rings (SSSR count). The van der Waals surface area contributed by atoms with Gasteiger partial charge in [0.25, 0.3) is 0 Å². The Morgan fingerprint density at radius 1 is 0.865 bits per heavy atom. The van der Waals surface area contributed by atoms with Crippen molar-refractivity contribution in [3.05, 3.63) is 52.5 Å². The summed E-state index contributed by atoms with van der Waals surface area (Å²) in [6.45, 7) is 7.30. The highest BCUT2D eigenvalue weighted by atomic mass is 32.1.